The van der Waals surface area contributed by atoms with Gasteiger partial charge in [-0.05, 0) is 0 Å². The third-order valence-corrected chi connectivity index (χ3v) is 8.84. The summed E-state index contributed by atoms with van der Waals surface area (Å²) >= 11 is -0.486. The van der Waals surface area contributed by atoms with Crippen molar-refractivity contribution in [3.8, 4) is 0 Å². The van der Waals surface area contributed by atoms with Gasteiger partial charge in [0, 0.05) is 0 Å². The van der Waals surface area contributed by atoms with E-state index in [1.165, 1.54) is 12.9 Å². The Morgan fingerprint density at radius 1 is 0.839 bits per heavy atom. The van der Waals surface area contributed by atoms with Gasteiger partial charge in [-0.3, -0.25) is 0 Å². The summed E-state index contributed by atoms with van der Waals surface area (Å²) < 4.78 is 2.70. The minimum atomic E-state index is -0.486. The first-order valence-corrected chi connectivity index (χ1v) is 12.4. The van der Waals surface area contributed by atoms with Crippen molar-refractivity contribution in [3.05, 3.63) is 113 Å². The van der Waals surface area contributed by atoms with Crippen LogP contribution in [-0.2, 0) is 0 Å². The maximum absolute atomic E-state index is 12.8. The number of carbonyl (C=O) groups excluding carboxylic acids is 2. The molecular weight excluding hydrogens is 500 g/mol. The quantitative estimate of drug-likeness (QED) is 0.298. The van der Waals surface area contributed by atoms with Crippen LogP contribution in [0.4, 0.5) is 11.5 Å². The molecule has 6 rings (SSSR count). The van der Waals surface area contributed by atoms with Crippen LogP contribution in [0.25, 0.3) is 0 Å². The van der Waals surface area contributed by atoms with Gasteiger partial charge in [-0.25, -0.2) is 0 Å². The minimum absolute atomic E-state index is 0.184. The molecular formula is C26H16N2O2Te. The first-order chi connectivity index (χ1) is 15.2. The Labute approximate surface area is 189 Å². The first kappa shape index (κ1) is 18.5. The fraction of sp³-hybridized carbons (Fsp3) is 0.0385. The molecule has 3 aromatic rings. The molecule has 0 saturated heterocycles. The molecule has 0 bridgehead atoms. The van der Waals surface area contributed by atoms with E-state index < -0.39 is 20.9 Å². The number of ketones is 2. The fourth-order valence-electron chi connectivity index (χ4n) is 4.25. The number of carbonyl (C=O) groups is 2. The number of aromatic nitrogens is 1. The average molecular weight is 516 g/mol. The molecule has 31 heavy (non-hydrogen) atoms. The predicted octanol–water partition coefficient (Wildman–Crippen LogP) is 3.41. The van der Waals surface area contributed by atoms with Crippen molar-refractivity contribution in [1.29, 1.82) is 0 Å². The summed E-state index contributed by atoms with van der Waals surface area (Å²) in [5, 5.41) is 0. The number of para-hydroxylation sites is 1. The van der Waals surface area contributed by atoms with E-state index >= 15 is 0 Å². The zero-order valence-electron chi connectivity index (χ0n) is 16.4. The van der Waals surface area contributed by atoms with Crippen molar-refractivity contribution in [2.24, 2.45) is 0 Å². The van der Waals surface area contributed by atoms with Crippen LogP contribution in [0.15, 0.2) is 102 Å². The number of benzene rings is 2. The normalized spacial score (nSPS) is 16.5. The van der Waals surface area contributed by atoms with Crippen LogP contribution in [0.5, 0.6) is 0 Å². The van der Waals surface area contributed by atoms with E-state index in [4.69, 9.17) is 4.98 Å². The predicted molar refractivity (Wildman–Crippen MR) is 122 cm³/mol. The van der Waals surface area contributed by atoms with Gasteiger partial charge in [0.15, 0.2) is 0 Å². The topological polar surface area (TPSA) is 50.3 Å². The number of hydrogen-bond donors (Lipinski definition) is 0. The molecule has 3 aliphatic rings. The van der Waals surface area contributed by atoms with Crippen LogP contribution < -0.4 is 12.1 Å². The van der Waals surface area contributed by atoms with E-state index in [-0.39, 0.29) is 17.1 Å². The Hall–Kier alpha value is -3.26. The third-order valence-electron chi connectivity index (χ3n) is 5.69. The second-order valence-electron chi connectivity index (χ2n) is 7.57. The Balaban J connectivity index is 1.33. The average Bonchev–Trinajstić information content (AvgIpc) is 3.36. The summed E-state index contributed by atoms with van der Waals surface area (Å²) in [5.41, 5.74) is 4.49. The van der Waals surface area contributed by atoms with E-state index in [1.807, 2.05) is 18.3 Å². The Bertz CT molecular complexity index is 1300. The van der Waals surface area contributed by atoms with Gasteiger partial charge in [-0.2, -0.15) is 0 Å². The number of Topliss-reactive ketones (excluding diaryl/α,β-unsaturated/α-hetero) is 2. The summed E-state index contributed by atoms with van der Waals surface area (Å²) in [6, 6.07) is 19.7. The number of allylic oxidation sites excluding steroid dienone is 5. The summed E-state index contributed by atoms with van der Waals surface area (Å²) in [6.07, 6.45) is 8.32. The molecule has 1 aromatic heterocycles. The van der Waals surface area contributed by atoms with Crippen LogP contribution in [-0.4, -0.2) is 37.5 Å². The SMILES string of the molecule is O=C1C(=CC2=CC=C(N3c4ccccc4[Te]c4cccnc43)C2)C(=O)c2ccccc21. The third kappa shape index (κ3) is 2.93. The van der Waals surface area contributed by atoms with E-state index in [2.05, 4.69) is 41.3 Å². The molecule has 0 N–H and O–H groups in total. The molecule has 0 radical (unpaired) electrons. The van der Waals surface area contributed by atoms with Crippen molar-refractivity contribution < 1.29 is 9.59 Å². The molecule has 2 aliphatic carbocycles. The number of rotatable bonds is 2. The van der Waals surface area contributed by atoms with Gasteiger partial charge in [0.05, 0.1) is 0 Å². The Kier molecular flexibility index (Phi) is 4.27. The molecule has 0 amide bonds. The van der Waals surface area contributed by atoms with Gasteiger partial charge in [-0.1, -0.05) is 0 Å². The Morgan fingerprint density at radius 3 is 2.35 bits per heavy atom. The van der Waals surface area contributed by atoms with Crippen LogP contribution in [0.1, 0.15) is 27.1 Å². The number of nitrogens with zero attached hydrogens (tertiary/aromatic N) is 2. The molecule has 0 saturated carbocycles. The van der Waals surface area contributed by atoms with Crippen LogP contribution in [0.3, 0.4) is 0 Å². The summed E-state index contributed by atoms with van der Waals surface area (Å²) in [4.78, 5) is 32.4. The molecule has 5 heteroatoms. The molecule has 0 fully saturated rings. The van der Waals surface area contributed by atoms with E-state index in [9.17, 15) is 9.59 Å². The van der Waals surface area contributed by atoms with E-state index in [1.54, 1.807) is 30.3 Å². The summed E-state index contributed by atoms with van der Waals surface area (Å²) in [5.74, 6) is 0.629. The van der Waals surface area contributed by atoms with Gasteiger partial charge >= 0.3 is 190 Å². The molecule has 2 heterocycles. The summed E-state index contributed by atoms with van der Waals surface area (Å²) in [6.45, 7) is 0. The summed E-state index contributed by atoms with van der Waals surface area (Å²) in [7, 11) is 0. The second kappa shape index (κ2) is 7.16. The molecule has 4 nitrogen and oxygen atoms in total. The standard InChI is InChI=1S/C26H16N2O2Te/c29-24-18-6-1-2-7-19(18)25(30)20(24)15-16-11-12-17(14-16)28-21-8-3-4-9-22(21)31-23-10-5-13-27-26(23)28/h1-13,15H,14H2. The molecule has 1 aliphatic heterocycles. The monoisotopic (exact) mass is 518 g/mol. The molecule has 0 unspecified atom stereocenters. The van der Waals surface area contributed by atoms with Crippen molar-refractivity contribution in [1.82, 2.24) is 4.98 Å². The first-order valence-electron chi connectivity index (χ1n) is 10.0. The molecule has 0 spiro atoms. The van der Waals surface area contributed by atoms with Crippen molar-refractivity contribution in [2.75, 3.05) is 4.90 Å². The van der Waals surface area contributed by atoms with E-state index in [0.29, 0.717) is 17.5 Å². The molecule has 0 atom stereocenters. The second-order valence-corrected chi connectivity index (χ2v) is 10.7. The van der Waals surface area contributed by atoms with Gasteiger partial charge < -0.3 is 0 Å². The van der Waals surface area contributed by atoms with Gasteiger partial charge in [0.1, 0.15) is 0 Å². The van der Waals surface area contributed by atoms with Gasteiger partial charge in [0.2, 0.25) is 0 Å². The van der Waals surface area contributed by atoms with Crippen molar-refractivity contribution in [3.63, 3.8) is 0 Å². The Morgan fingerprint density at radius 2 is 1.55 bits per heavy atom. The van der Waals surface area contributed by atoms with Gasteiger partial charge in [0.25, 0.3) is 0 Å². The number of fused-ring (bicyclic) bond motifs is 3. The van der Waals surface area contributed by atoms with Crippen LogP contribution >= 0.6 is 0 Å². The zero-order chi connectivity index (χ0) is 20.9. The number of hydrogen-bond acceptors (Lipinski definition) is 4. The van der Waals surface area contributed by atoms with E-state index in [0.717, 1.165) is 17.1 Å². The van der Waals surface area contributed by atoms with Crippen LogP contribution in [0, 0.1) is 0 Å². The number of pyridine rings is 1. The molecule has 148 valence electrons. The van der Waals surface area contributed by atoms with Crippen LogP contribution in [0.2, 0.25) is 0 Å². The van der Waals surface area contributed by atoms with Crippen molar-refractivity contribution in [2.45, 2.75) is 6.42 Å². The fourth-order valence-corrected chi connectivity index (χ4v) is 7.19. The maximum atomic E-state index is 12.8. The van der Waals surface area contributed by atoms with Gasteiger partial charge in [-0.15, -0.1) is 0 Å². The van der Waals surface area contributed by atoms with Crippen molar-refractivity contribution >= 4 is 51.2 Å². The molecule has 2 aromatic carbocycles. The number of anilines is 2. The zero-order valence-corrected chi connectivity index (χ0v) is 18.7.